The maximum absolute atomic E-state index is 12.9. The molecular weight excluding hydrogens is 374 g/mol. The lowest BCUT2D eigenvalue weighted by Crippen LogP contribution is -2.26. The molecule has 0 aliphatic heterocycles. The largest absolute Gasteiger partial charge is 0.368 e. The minimum atomic E-state index is -0.0933. The van der Waals surface area contributed by atoms with E-state index in [1.54, 1.807) is 24.3 Å². The number of hydrogen-bond donors (Lipinski definition) is 2. The van der Waals surface area contributed by atoms with E-state index in [9.17, 15) is 4.79 Å². The van der Waals surface area contributed by atoms with Crippen molar-refractivity contribution in [2.45, 2.75) is 13.5 Å². The number of nitrogens with two attached hydrogens (primary N) is 1. The molecule has 0 radical (unpaired) electrons. The van der Waals surface area contributed by atoms with Gasteiger partial charge < -0.3 is 15.6 Å². The molecule has 0 fully saturated rings. The topological polar surface area (TPSA) is 87.9 Å². The molecule has 4 aromatic rings. The fraction of sp³-hybridized carbons (Fsp3) is 0.125. The third kappa shape index (κ3) is 4.07. The Morgan fingerprint density at radius 3 is 2.63 bits per heavy atom. The summed E-state index contributed by atoms with van der Waals surface area (Å²) in [5.74, 6) is 0.0981. The first-order chi connectivity index (χ1) is 14.5. The van der Waals surface area contributed by atoms with Crippen molar-refractivity contribution in [2.75, 3.05) is 12.8 Å². The fourth-order valence-electron chi connectivity index (χ4n) is 3.43. The number of aryl methyl sites for hydroxylation is 1. The minimum absolute atomic E-state index is 0.0933. The van der Waals surface area contributed by atoms with Gasteiger partial charge in [-0.1, -0.05) is 60.2 Å². The predicted molar refractivity (Wildman–Crippen MR) is 119 cm³/mol. The summed E-state index contributed by atoms with van der Waals surface area (Å²) in [6, 6.07) is 19.8. The van der Waals surface area contributed by atoms with Gasteiger partial charge in [0.25, 0.3) is 5.91 Å². The van der Waals surface area contributed by atoms with Gasteiger partial charge in [-0.2, -0.15) is 0 Å². The van der Waals surface area contributed by atoms with Crippen LogP contribution in [0.15, 0.2) is 73.1 Å². The highest BCUT2D eigenvalue weighted by Crippen LogP contribution is 2.31. The summed E-state index contributed by atoms with van der Waals surface area (Å²) in [5.41, 5.74) is 11.9. The highest BCUT2D eigenvalue weighted by Gasteiger charge is 2.18. The zero-order valence-electron chi connectivity index (χ0n) is 17.0. The predicted octanol–water partition coefficient (Wildman–Crippen LogP) is 4.30. The molecule has 1 amide bonds. The van der Waals surface area contributed by atoms with Gasteiger partial charge in [0.2, 0.25) is 5.95 Å². The fourth-order valence-corrected chi connectivity index (χ4v) is 3.43. The molecule has 2 heterocycles. The number of nitrogens with zero attached hydrogens (tertiary/aromatic N) is 3. The molecule has 2 aromatic carbocycles. The number of rotatable bonds is 5. The number of H-pyrrole nitrogens is 1. The molecule has 30 heavy (non-hydrogen) atoms. The first kappa shape index (κ1) is 19.4. The smallest absolute Gasteiger partial charge is 0.270 e. The number of carbonyl (C=O) groups is 1. The van der Waals surface area contributed by atoms with E-state index in [0.29, 0.717) is 17.9 Å². The Morgan fingerprint density at radius 2 is 1.87 bits per heavy atom. The maximum atomic E-state index is 12.9. The summed E-state index contributed by atoms with van der Waals surface area (Å²) in [5, 5.41) is 0. The standard InChI is InChI=1S/C24H23N5O/c1-16-7-6-10-18(11-16)20-14-27-24(25)28-22(20)19-12-21(26-13-19)23(30)29(2)15-17-8-4-3-5-9-17/h3-14,26H,15H2,1-2H3,(H2,25,27,28). The SMILES string of the molecule is Cc1cccc(-c2cnc(N)nc2-c2c[nH]c(C(=O)N(C)Cc3ccccc3)c2)c1. The van der Waals surface area contributed by atoms with Crippen molar-refractivity contribution in [1.82, 2.24) is 19.9 Å². The number of amides is 1. The molecule has 2 aromatic heterocycles. The van der Waals surface area contributed by atoms with Crippen LogP contribution in [0.25, 0.3) is 22.4 Å². The number of hydrogen-bond acceptors (Lipinski definition) is 4. The van der Waals surface area contributed by atoms with Gasteiger partial charge in [-0.25, -0.2) is 9.97 Å². The monoisotopic (exact) mass is 397 g/mol. The van der Waals surface area contributed by atoms with Gasteiger partial charge in [-0.15, -0.1) is 0 Å². The van der Waals surface area contributed by atoms with E-state index in [2.05, 4.69) is 21.0 Å². The molecule has 4 rings (SSSR count). The third-order valence-electron chi connectivity index (χ3n) is 4.93. The lowest BCUT2D eigenvalue weighted by atomic mass is 10.0. The second-order valence-electron chi connectivity index (χ2n) is 7.31. The van der Waals surface area contributed by atoms with Crippen molar-refractivity contribution in [3.8, 4) is 22.4 Å². The number of nitrogens with one attached hydrogen (secondary N) is 1. The Kier molecular flexibility index (Phi) is 5.30. The average molecular weight is 397 g/mol. The Labute approximate surface area is 175 Å². The summed E-state index contributed by atoms with van der Waals surface area (Å²) >= 11 is 0. The van der Waals surface area contributed by atoms with Gasteiger partial charge in [0, 0.05) is 37.1 Å². The van der Waals surface area contributed by atoms with Gasteiger partial charge in [0.1, 0.15) is 5.69 Å². The summed E-state index contributed by atoms with van der Waals surface area (Å²) in [6.45, 7) is 2.57. The van der Waals surface area contributed by atoms with Crippen LogP contribution in [-0.2, 0) is 6.54 Å². The van der Waals surface area contributed by atoms with E-state index in [0.717, 1.165) is 27.8 Å². The van der Waals surface area contributed by atoms with E-state index in [1.165, 1.54) is 0 Å². The Balaban J connectivity index is 1.64. The molecule has 0 aliphatic carbocycles. The van der Waals surface area contributed by atoms with Crippen LogP contribution in [-0.4, -0.2) is 32.8 Å². The van der Waals surface area contributed by atoms with Gasteiger partial charge >= 0.3 is 0 Å². The molecular formula is C24H23N5O. The summed E-state index contributed by atoms with van der Waals surface area (Å²) in [6.07, 6.45) is 3.51. The first-order valence-electron chi connectivity index (χ1n) is 9.69. The number of nitrogen functional groups attached to an aromatic ring is 1. The quantitative estimate of drug-likeness (QED) is 0.525. The van der Waals surface area contributed by atoms with Crippen LogP contribution in [0.2, 0.25) is 0 Å². The Morgan fingerprint density at radius 1 is 1.07 bits per heavy atom. The zero-order valence-corrected chi connectivity index (χ0v) is 17.0. The summed E-state index contributed by atoms with van der Waals surface area (Å²) < 4.78 is 0. The van der Waals surface area contributed by atoms with Crippen molar-refractivity contribution in [3.05, 3.63) is 89.9 Å². The number of benzene rings is 2. The van der Waals surface area contributed by atoms with Crippen molar-refractivity contribution in [1.29, 1.82) is 0 Å². The molecule has 0 spiro atoms. The number of aromatic amines is 1. The van der Waals surface area contributed by atoms with Crippen molar-refractivity contribution in [2.24, 2.45) is 0 Å². The molecule has 0 bridgehead atoms. The number of anilines is 1. The lowest BCUT2D eigenvalue weighted by molar-refractivity contribution is 0.0780. The van der Waals surface area contributed by atoms with Crippen LogP contribution in [0.5, 0.6) is 0 Å². The number of carbonyl (C=O) groups excluding carboxylic acids is 1. The van der Waals surface area contributed by atoms with Gasteiger partial charge in [0.15, 0.2) is 0 Å². The molecule has 0 saturated carbocycles. The molecule has 6 heteroatoms. The van der Waals surface area contributed by atoms with Crippen LogP contribution in [0.4, 0.5) is 5.95 Å². The van der Waals surface area contributed by atoms with Crippen LogP contribution in [0.1, 0.15) is 21.6 Å². The van der Waals surface area contributed by atoms with Gasteiger partial charge in [-0.05, 0) is 24.1 Å². The molecule has 150 valence electrons. The van der Waals surface area contributed by atoms with Crippen molar-refractivity contribution >= 4 is 11.9 Å². The molecule has 6 nitrogen and oxygen atoms in total. The van der Waals surface area contributed by atoms with E-state index in [-0.39, 0.29) is 11.9 Å². The normalized spacial score (nSPS) is 10.7. The van der Waals surface area contributed by atoms with E-state index >= 15 is 0 Å². The van der Waals surface area contributed by atoms with Crippen molar-refractivity contribution < 1.29 is 4.79 Å². The summed E-state index contributed by atoms with van der Waals surface area (Å²) in [4.78, 5) is 26.3. The average Bonchev–Trinajstić information content (AvgIpc) is 3.24. The second-order valence-corrected chi connectivity index (χ2v) is 7.31. The minimum Gasteiger partial charge on any atom is -0.368 e. The molecule has 3 N–H and O–H groups in total. The molecule has 0 saturated heterocycles. The highest BCUT2D eigenvalue weighted by atomic mass is 16.2. The third-order valence-corrected chi connectivity index (χ3v) is 4.93. The van der Waals surface area contributed by atoms with Crippen molar-refractivity contribution in [3.63, 3.8) is 0 Å². The van der Waals surface area contributed by atoms with Crippen LogP contribution < -0.4 is 5.73 Å². The zero-order chi connectivity index (χ0) is 21.1. The van der Waals surface area contributed by atoms with Gasteiger partial charge in [-0.3, -0.25) is 4.79 Å². The Hall–Kier alpha value is -3.93. The second kappa shape index (κ2) is 8.21. The van der Waals surface area contributed by atoms with E-state index < -0.39 is 0 Å². The van der Waals surface area contributed by atoms with E-state index in [1.807, 2.05) is 61.5 Å². The lowest BCUT2D eigenvalue weighted by Gasteiger charge is -2.16. The van der Waals surface area contributed by atoms with Crippen LogP contribution >= 0.6 is 0 Å². The molecule has 0 unspecified atom stereocenters. The molecule has 0 atom stereocenters. The van der Waals surface area contributed by atoms with Crippen LogP contribution in [0.3, 0.4) is 0 Å². The highest BCUT2D eigenvalue weighted by molar-refractivity contribution is 5.94. The van der Waals surface area contributed by atoms with E-state index in [4.69, 9.17) is 5.73 Å². The number of aromatic nitrogens is 3. The first-order valence-corrected chi connectivity index (χ1v) is 9.69. The van der Waals surface area contributed by atoms with Gasteiger partial charge in [0.05, 0.1) is 5.69 Å². The maximum Gasteiger partial charge on any atom is 0.270 e. The Bertz CT molecular complexity index is 1180. The van der Waals surface area contributed by atoms with Crippen LogP contribution in [0, 0.1) is 6.92 Å². The summed E-state index contributed by atoms with van der Waals surface area (Å²) in [7, 11) is 1.79. The molecule has 0 aliphatic rings.